The number of hydrogen-bond acceptors (Lipinski definition) is 4. The number of aromatic nitrogens is 1. The van der Waals surface area contributed by atoms with Crippen LogP contribution >= 0.6 is 11.6 Å². The maximum atomic E-state index is 12.0. The number of carbonyl (C=O) groups excluding carboxylic acids is 1. The molecule has 1 aromatic heterocycles. The Hall–Kier alpha value is -2.37. The molecule has 0 aliphatic carbocycles. The van der Waals surface area contributed by atoms with Gasteiger partial charge in [0.25, 0.3) is 0 Å². The van der Waals surface area contributed by atoms with Crippen molar-refractivity contribution in [3.8, 4) is 5.75 Å². The van der Waals surface area contributed by atoms with E-state index in [1.165, 1.54) is 6.08 Å². The molecule has 0 spiro atoms. The average molecular weight is 374 g/mol. The van der Waals surface area contributed by atoms with Crippen LogP contribution in [0.15, 0.2) is 48.7 Å². The van der Waals surface area contributed by atoms with Crippen LogP contribution in [0, 0.1) is 0 Å². The molecule has 0 fully saturated rings. The maximum absolute atomic E-state index is 12.0. The topological polar surface area (TPSA) is 54.5 Å². The van der Waals surface area contributed by atoms with Crippen LogP contribution < -0.4 is 10.1 Å². The van der Waals surface area contributed by atoms with Gasteiger partial charge in [0.05, 0.1) is 10.7 Å². The molecule has 0 aliphatic rings. The van der Waals surface area contributed by atoms with Crippen LogP contribution in [0.3, 0.4) is 0 Å². The van der Waals surface area contributed by atoms with Crippen molar-refractivity contribution >= 4 is 29.3 Å². The Morgan fingerprint density at radius 1 is 1.27 bits per heavy atom. The lowest BCUT2D eigenvalue weighted by Crippen LogP contribution is -2.27. The Morgan fingerprint density at radius 3 is 2.73 bits per heavy atom. The maximum Gasteiger partial charge on any atom is 0.248 e. The number of benzene rings is 1. The van der Waals surface area contributed by atoms with E-state index < -0.39 is 0 Å². The van der Waals surface area contributed by atoms with Gasteiger partial charge in [-0.3, -0.25) is 9.78 Å². The molecule has 0 atom stereocenters. The number of anilines is 1. The van der Waals surface area contributed by atoms with Crippen molar-refractivity contribution in [2.75, 3.05) is 31.6 Å². The summed E-state index contributed by atoms with van der Waals surface area (Å²) < 4.78 is 5.73. The number of amides is 1. The third-order valence-electron chi connectivity index (χ3n) is 3.85. The van der Waals surface area contributed by atoms with Crippen molar-refractivity contribution in [3.05, 3.63) is 59.4 Å². The van der Waals surface area contributed by atoms with Crippen molar-refractivity contribution in [2.24, 2.45) is 0 Å². The van der Waals surface area contributed by atoms with Crippen molar-refractivity contribution in [1.82, 2.24) is 9.88 Å². The number of nitrogens with zero attached hydrogens (tertiary/aromatic N) is 2. The highest BCUT2D eigenvalue weighted by Gasteiger charge is 2.06. The Morgan fingerprint density at radius 2 is 2.08 bits per heavy atom. The molecular weight excluding hydrogens is 350 g/mol. The lowest BCUT2D eigenvalue weighted by molar-refractivity contribution is -0.111. The zero-order chi connectivity index (χ0) is 18.8. The molecular formula is C20H24ClN3O2. The number of halogens is 1. The minimum atomic E-state index is -0.248. The van der Waals surface area contributed by atoms with E-state index in [1.54, 1.807) is 30.5 Å². The van der Waals surface area contributed by atoms with E-state index in [-0.39, 0.29) is 5.91 Å². The SMILES string of the molecule is CCN(CC)CCOc1ccc(NC(=O)C=Cc2ccccn2)cc1Cl. The monoisotopic (exact) mass is 373 g/mol. The zero-order valence-corrected chi connectivity index (χ0v) is 15.9. The number of rotatable bonds is 9. The molecule has 1 N–H and O–H groups in total. The molecule has 5 nitrogen and oxygen atoms in total. The summed E-state index contributed by atoms with van der Waals surface area (Å²) in [5.41, 5.74) is 1.33. The van der Waals surface area contributed by atoms with Crippen LogP contribution in [-0.4, -0.2) is 42.0 Å². The van der Waals surface area contributed by atoms with E-state index in [4.69, 9.17) is 16.3 Å². The Labute approximate surface area is 159 Å². The van der Waals surface area contributed by atoms with E-state index in [9.17, 15) is 4.79 Å². The van der Waals surface area contributed by atoms with Crippen LogP contribution in [-0.2, 0) is 4.79 Å². The fourth-order valence-corrected chi connectivity index (χ4v) is 2.57. The van der Waals surface area contributed by atoms with Crippen LogP contribution in [0.1, 0.15) is 19.5 Å². The van der Waals surface area contributed by atoms with E-state index >= 15 is 0 Å². The molecule has 1 aromatic carbocycles. The van der Waals surface area contributed by atoms with Crippen LogP contribution in [0.4, 0.5) is 5.69 Å². The summed E-state index contributed by atoms with van der Waals surface area (Å²) in [5.74, 6) is 0.364. The van der Waals surface area contributed by atoms with Gasteiger partial charge in [0.2, 0.25) is 5.91 Å². The van der Waals surface area contributed by atoms with Crippen LogP contribution in [0.2, 0.25) is 5.02 Å². The molecule has 2 rings (SSSR count). The second kappa shape index (κ2) is 10.6. The second-order valence-electron chi connectivity index (χ2n) is 5.60. The predicted molar refractivity (Wildman–Crippen MR) is 107 cm³/mol. The minimum absolute atomic E-state index is 0.248. The summed E-state index contributed by atoms with van der Waals surface area (Å²) in [6.45, 7) is 7.64. The second-order valence-corrected chi connectivity index (χ2v) is 6.00. The van der Waals surface area contributed by atoms with Crippen molar-refractivity contribution < 1.29 is 9.53 Å². The summed E-state index contributed by atoms with van der Waals surface area (Å²) in [6.07, 6.45) is 4.77. The van der Waals surface area contributed by atoms with Crippen molar-refractivity contribution in [2.45, 2.75) is 13.8 Å². The van der Waals surface area contributed by atoms with Gasteiger partial charge in [0.1, 0.15) is 12.4 Å². The van der Waals surface area contributed by atoms with Crippen LogP contribution in [0.5, 0.6) is 5.75 Å². The minimum Gasteiger partial charge on any atom is -0.491 e. The van der Waals surface area contributed by atoms with E-state index in [1.807, 2.05) is 18.2 Å². The number of pyridine rings is 1. The molecule has 0 radical (unpaired) electrons. The van der Waals surface area contributed by atoms with E-state index in [0.29, 0.717) is 23.1 Å². The Kier molecular flexibility index (Phi) is 8.12. The standard InChI is InChI=1S/C20H24ClN3O2/c1-3-24(4-2)13-14-26-19-10-8-17(15-18(19)21)23-20(25)11-9-16-7-5-6-12-22-16/h5-12,15H,3-4,13-14H2,1-2H3,(H,23,25). The fourth-order valence-electron chi connectivity index (χ4n) is 2.34. The van der Waals surface area contributed by atoms with Gasteiger partial charge in [-0.05, 0) is 49.5 Å². The Balaban J connectivity index is 1.88. The van der Waals surface area contributed by atoms with Crippen LogP contribution in [0.25, 0.3) is 6.08 Å². The van der Waals surface area contributed by atoms with E-state index in [2.05, 4.69) is 29.0 Å². The zero-order valence-electron chi connectivity index (χ0n) is 15.1. The summed E-state index contributed by atoms with van der Waals surface area (Å²) in [4.78, 5) is 18.4. The summed E-state index contributed by atoms with van der Waals surface area (Å²) in [7, 11) is 0. The number of nitrogens with one attached hydrogen (secondary N) is 1. The molecule has 1 heterocycles. The van der Waals surface area contributed by atoms with Crippen molar-refractivity contribution in [3.63, 3.8) is 0 Å². The van der Waals surface area contributed by atoms with Gasteiger partial charge in [-0.2, -0.15) is 0 Å². The highest BCUT2D eigenvalue weighted by molar-refractivity contribution is 6.32. The molecule has 138 valence electrons. The normalized spacial score (nSPS) is 11.1. The lowest BCUT2D eigenvalue weighted by atomic mass is 10.3. The molecule has 2 aromatic rings. The number of ether oxygens (including phenoxy) is 1. The first-order valence-corrected chi connectivity index (χ1v) is 9.05. The fraction of sp³-hybridized carbons (Fsp3) is 0.300. The molecule has 6 heteroatoms. The summed E-state index contributed by atoms with van der Waals surface area (Å²) in [5, 5.41) is 3.24. The molecule has 0 saturated heterocycles. The molecule has 26 heavy (non-hydrogen) atoms. The van der Waals surface area contributed by atoms with Gasteiger partial charge >= 0.3 is 0 Å². The third-order valence-corrected chi connectivity index (χ3v) is 4.15. The third kappa shape index (κ3) is 6.50. The highest BCUT2D eigenvalue weighted by Crippen LogP contribution is 2.27. The smallest absolute Gasteiger partial charge is 0.248 e. The first-order chi connectivity index (χ1) is 12.6. The van der Waals surface area contributed by atoms with Crippen molar-refractivity contribution in [1.29, 1.82) is 0 Å². The Bertz CT molecular complexity index is 731. The van der Waals surface area contributed by atoms with Gasteiger partial charge in [0.15, 0.2) is 0 Å². The quantitative estimate of drug-likeness (QED) is 0.672. The van der Waals surface area contributed by atoms with Gasteiger partial charge in [-0.25, -0.2) is 0 Å². The molecule has 0 saturated carbocycles. The summed E-state index contributed by atoms with van der Waals surface area (Å²) in [6, 6.07) is 10.7. The van der Waals surface area contributed by atoms with Gasteiger partial charge < -0.3 is 15.0 Å². The molecule has 0 bridgehead atoms. The molecule has 1 amide bonds. The lowest BCUT2D eigenvalue weighted by Gasteiger charge is -2.18. The number of carbonyl (C=O) groups is 1. The highest BCUT2D eigenvalue weighted by atomic mass is 35.5. The largest absolute Gasteiger partial charge is 0.491 e. The average Bonchev–Trinajstić information content (AvgIpc) is 2.66. The van der Waals surface area contributed by atoms with Gasteiger partial charge in [-0.15, -0.1) is 0 Å². The first-order valence-electron chi connectivity index (χ1n) is 8.67. The number of hydrogen-bond donors (Lipinski definition) is 1. The first kappa shape index (κ1) is 19.9. The summed E-state index contributed by atoms with van der Waals surface area (Å²) >= 11 is 6.25. The molecule has 0 aliphatic heterocycles. The van der Waals surface area contributed by atoms with Gasteiger partial charge in [-0.1, -0.05) is 31.5 Å². The predicted octanol–water partition coefficient (Wildman–Crippen LogP) is 4.11. The van der Waals surface area contributed by atoms with E-state index in [0.717, 1.165) is 25.3 Å². The number of likely N-dealkylation sites (N-methyl/N-ethyl adjacent to an activating group) is 1. The molecule has 0 unspecified atom stereocenters. The van der Waals surface area contributed by atoms with Gasteiger partial charge in [0, 0.05) is 24.5 Å².